The van der Waals surface area contributed by atoms with E-state index in [1.54, 1.807) is 0 Å². The molecule has 1 aromatic rings. The number of anilines is 3. The van der Waals surface area contributed by atoms with Gasteiger partial charge >= 0.3 is 0 Å². The predicted octanol–water partition coefficient (Wildman–Crippen LogP) is 3.39. The van der Waals surface area contributed by atoms with E-state index in [0.717, 1.165) is 29.4 Å². The number of aryl methyl sites for hydroxylation is 1. The highest BCUT2D eigenvalue weighted by molar-refractivity contribution is 5.95. The summed E-state index contributed by atoms with van der Waals surface area (Å²) in [5, 5.41) is 6.55. The summed E-state index contributed by atoms with van der Waals surface area (Å²) in [5.74, 6) is 1.59. The molecule has 2 aliphatic rings. The number of amides is 1. The second-order valence-electron chi connectivity index (χ2n) is 6.50. The van der Waals surface area contributed by atoms with Crippen molar-refractivity contribution in [2.75, 3.05) is 16.4 Å². The summed E-state index contributed by atoms with van der Waals surface area (Å²) in [4.78, 5) is 11.4. The molecule has 1 fully saturated rings. The smallest absolute Gasteiger partial charge is 0.224 e. The van der Waals surface area contributed by atoms with E-state index in [1.165, 1.54) is 24.8 Å². The molecule has 4 N–H and O–H groups in total. The molecule has 1 aliphatic carbocycles. The first-order chi connectivity index (χ1) is 10.1. The molecule has 3 rings (SSSR count). The van der Waals surface area contributed by atoms with E-state index in [0.29, 0.717) is 18.4 Å². The van der Waals surface area contributed by atoms with E-state index in [2.05, 4.69) is 30.5 Å². The zero-order chi connectivity index (χ0) is 15.0. The van der Waals surface area contributed by atoms with Crippen molar-refractivity contribution in [3.63, 3.8) is 0 Å². The summed E-state index contributed by atoms with van der Waals surface area (Å²) in [6.07, 6.45) is 5.14. The summed E-state index contributed by atoms with van der Waals surface area (Å²) < 4.78 is 0. The Bertz CT molecular complexity index is 555. The number of fused-ring (bicyclic) bond motifs is 1. The van der Waals surface area contributed by atoms with Gasteiger partial charge in [0.1, 0.15) is 0 Å². The molecule has 0 spiro atoms. The zero-order valence-electron chi connectivity index (χ0n) is 12.9. The summed E-state index contributed by atoms with van der Waals surface area (Å²) in [7, 11) is 0. The van der Waals surface area contributed by atoms with E-state index in [1.807, 2.05) is 6.07 Å². The minimum Gasteiger partial charge on any atom is -0.397 e. The highest BCUT2D eigenvalue weighted by atomic mass is 16.1. The fraction of sp³-hybridized carbons (Fsp3) is 0.588. The van der Waals surface area contributed by atoms with E-state index in [4.69, 9.17) is 5.73 Å². The maximum Gasteiger partial charge on any atom is 0.224 e. The lowest BCUT2D eigenvalue weighted by Crippen LogP contribution is -2.26. The molecule has 3 atom stereocenters. The van der Waals surface area contributed by atoms with Crippen LogP contribution in [0.2, 0.25) is 0 Å². The standard InChI is InChI=1S/C17H25N3O/c1-3-11-4-6-14(10(11)2)19-16-8-12-5-7-17(21)20-15(12)9-13(16)18/h8-11,14,19H,3-7,18H2,1-2H3,(H,20,21). The van der Waals surface area contributed by atoms with Crippen molar-refractivity contribution >= 4 is 23.0 Å². The molecular formula is C17H25N3O. The highest BCUT2D eigenvalue weighted by Crippen LogP contribution is 2.38. The Hall–Kier alpha value is -1.71. The Morgan fingerprint density at radius 2 is 2.14 bits per heavy atom. The first kappa shape index (κ1) is 14.2. The monoisotopic (exact) mass is 287 g/mol. The van der Waals surface area contributed by atoms with Crippen LogP contribution in [0.15, 0.2) is 12.1 Å². The number of nitrogen functional groups attached to an aromatic ring is 1. The topological polar surface area (TPSA) is 67.2 Å². The van der Waals surface area contributed by atoms with Gasteiger partial charge in [-0.3, -0.25) is 4.79 Å². The van der Waals surface area contributed by atoms with Crippen molar-refractivity contribution < 1.29 is 4.79 Å². The third-order valence-corrected chi connectivity index (χ3v) is 5.26. The molecule has 1 aromatic carbocycles. The van der Waals surface area contributed by atoms with Crippen LogP contribution in [-0.4, -0.2) is 11.9 Å². The van der Waals surface area contributed by atoms with Gasteiger partial charge in [-0.05, 0) is 48.8 Å². The van der Waals surface area contributed by atoms with Crippen molar-refractivity contribution in [2.24, 2.45) is 11.8 Å². The first-order valence-electron chi connectivity index (χ1n) is 8.07. The van der Waals surface area contributed by atoms with Gasteiger partial charge in [0.15, 0.2) is 0 Å². The first-order valence-corrected chi connectivity index (χ1v) is 8.07. The molecule has 0 radical (unpaired) electrons. The van der Waals surface area contributed by atoms with Crippen molar-refractivity contribution in [3.05, 3.63) is 17.7 Å². The Morgan fingerprint density at radius 3 is 2.86 bits per heavy atom. The van der Waals surface area contributed by atoms with Crippen LogP contribution in [0.25, 0.3) is 0 Å². The molecule has 114 valence electrons. The number of hydrogen-bond acceptors (Lipinski definition) is 3. The van der Waals surface area contributed by atoms with E-state index < -0.39 is 0 Å². The van der Waals surface area contributed by atoms with Crippen LogP contribution in [-0.2, 0) is 11.2 Å². The second-order valence-corrected chi connectivity index (χ2v) is 6.50. The summed E-state index contributed by atoms with van der Waals surface area (Å²) in [6.45, 7) is 4.62. The molecule has 1 saturated carbocycles. The maximum absolute atomic E-state index is 11.4. The molecule has 3 unspecified atom stereocenters. The Kier molecular flexibility index (Phi) is 3.79. The number of benzene rings is 1. The normalized spacial score (nSPS) is 28.1. The lowest BCUT2D eigenvalue weighted by molar-refractivity contribution is -0.116. The van der Waals surface area contributed by atoms with Crippen LogP contribution in [0, 0.1) is 11.8 Å². The highest BCUT2D eigenvalue weighted by Gasteiger charge is 2.31. The number of nitrogens with one attached hydrogen (secondary N) is 2. The predicted molar refractivity (Wildman–Crippen MR) is 87.4 cm³/mol. The minimum atomic E-state index is 0.0813. The van der Waals surface area contributed by atoms with Gasteiger partial charge < -0.3 is 16.4 Å². The lowest BCUT2D eigenvalue weighted by Gasteiger charge is -2.25. The molecule has 1 amide bonds. The second kappa shape index (κ2) is 5.58. The van der Waals surface area contributed by atoms with E-state index >= 15 is 0 Å². The molecule has 4 heteroatoms. The number of rotatable bonds is 3. The molecule has 21 heavy (non-hydrogen) atoms. The Labute approximate surface area is 126 Å². The van der Waals surface area contributed by atoms with Crippen LogP contribution >= 0.6 is 0 Å². The fourth-order valence-electron chi connectivity index (χ4n) is 3.80. The number of carbonyl (C=O) groups excluding carboxylic acids is 1. The maximum atomic E-state index is 11.4. The number of nitrogens with two attached hydrogens (primary N) is 1. The fourth-order valence-corrected chi connectivity index (χ4v) is 3.80. The minimum absolute atomic E-state index is 0.0813. The summed E-state index contributed by atoms with van der Waals surface area (Å²) in [5.41, 5.74) is 9.98. The van der Waals surface area contributed by atoms with Crippen molar-refractivity contribution in [1.82, 2.24) is 0 Å². The molecule has 1 aliphatic heterocycles. The van der Waals surface area contributed by atoms with Gasteiger partial charge in [-0.1, -0.05) is 20.3 Å². The van der Waals surface area contributed by atoms with E-state index in [9.17, 15) is 4.79 Å². The molecule has 0 aromatic heterocycles. The van der Waals surface area contributed by atoms with Crippen molar-refractivity contribution in [2.45, 2.75) is 52.0 Å². The third-order valence-electron chi connectivity index (χ3n) is 5.26. The zero-order valence-corrected chi connectivity index (χ0v) is 12.9. The van der Waals surface area contributed by atoms with E-state index in [-0.39, 0.29) is 5.91 Å². The largest absolute Gasteiger partial charge is 0.397 e. The van der Waals surface area contributed by atoms with Crippen LogP contribution in [0.3, 0.4) is 0 Å². The average Bonchev–Trinajstić information content (AvgIpc) is 2.80. The Balaban J connectivity index is 1.79. The van der Waals surface area contributed by atoms with Crippen LogP contribution in [0.5, 0.6) is 0 Å². The van der Waals surface area contributed by atoms with Crippen LogP contribution in [0.1, 0.15) is 45.1 Å². The quantitative estimate of drug-likeness (QED) is 0.746. The van der Waals surface area contributed by atoms with Gasteiger partial charge in [0.2, 0.25) is 5.91 Å². The number of hydrogen-bond donors (Lipinski definition) is 3. The van der Waals surface area contributed by atoms with Crippen molar-refractivity contribution in [3.8, 4) is 0 Å². The van der Waals surface area contributed by atoms with Crippen molar-refractivity contribution in [1.29, 1.82) is 0 Å². The average molecular weight is 287 g/mol. The van der Waals surface area contributed by atoms with Gasteiger partial charge in [-0.2, -0.15) is 0 Å². The summed E-state index contributed by atoms with van der Waals surface area (Å²) in [6, 6.07) is 4.52. The molecule has 0 saturated heterocycles. The SMILES string of the molecule is CCC1CCC(Nc2cc3c(cc2N)NC(=O)CC3)C1C. The summed E-state index contributed by atoms with van der Waals surface area (Å²) >= 11 is 0. The van der Waals surface area contributed by atoms with Gasteiger partial charge in [0, 0.05) is 18.2 Å². The van der Waals surface area contributed by atoms with Gasteiger partial charge in [0.25, 0.3) is 0 Å². The molecule has 4 nitrogen and oxygen atoms in total. The van der Waals surface area contributed by atoms with Gasteiger partial charge in [-0.25, -0.2) is 0 Å². The molecule has 1 heterocycles. The van der Waals surface area contributed by atoms with Crippen LogP contribution < -0.4 is 16.4 Å². The third kappa shape index (κ3) is 2.71. The lowest BCUT2D eigenvalue weighted by atomic mass is 9.93. The Morgan fingerprint density at radius 1 is 1.33 bits per heavy atom. The van der Waals surface area contributed by atoms with Gasteiger partial charge in [-0.15, -0.1) is 0 Å². The van der Waals surface area contributed by atoms with Crippen LogP contribution in [0.4, 0.5) is 17.1 Å². The number of carbonyl (C=O) groups is 1. The molecular weight excluding hydrogens is 262 g/mol. The van der Waals surface area contributed by atoms with Gasteiger partial charge in [0.05, 0.1) is 11.4 Å². The molecule has 0 bridgehead atoms.